The molecule has 0 radical (unpaired) electrons. The highest BCUT2D eigenvalue weighted by Crippen LogP contribution is 2.38. The zero-order chi connectivity index (χ0) is 12.3. The van der Waals surface area contributed by atoms with Gasteiger partial charge in [0.2, 0.25) is 0 Å². The second kappa shape index (κ2) is 5.71. The lowest BCUT2D eigenvalue weighted by atomic mass is 9.73. The molecule has 17 heavy (non-hydrogen) atoms. The van der Waals surface area contributed by atoms with Crippen molar-refractivity contribution in [3.8, 4) is 0 Å². The predicted octanol–water partition coefficient (Wildman–Crippen LogP) is 3.16. The van der Waals surface area contributed by atoms with Gasteiger partial charge in [0.25, 0.3) is 0 Å². The van der Waals surface area contributed by atoms with Crippen molar-refractivity contribution in [2.45, 2.75) is 75.8 Å². The Hall–Kier alpha value is -0.0800. The minimum atomic E-state index is 0.298. The molecule has 2 aliphatic carbocycles. The molecule has 2 aliphatic rings. The first-order chi connectivity index (χ1) is 8.15. The summed E-state index contributed by atoms with van der Waals surface area (Å²) in [6.45, 7) is 0. The molecule has 2 saturated carbocycles. The summed E-state index contributed by atoms with van der Waals surface area (Å²) in [4.78, 5) is 2.45. The van der Waals surface area contributed by atoms with Crippen molar-refractivity contribution in [1.82, 2.24) is 4.90 Å². The van der Waals surface area contributed by atoms with E-state index in [1.54, 1.807) is 0 Å². The van der Waals surface area contributed by atoms with Crippen LogP contribution in [0.3, 0.4) is 0 Å². The van der Waals surface area contributed by atoms with Crippen LogP contribution in [0.15, 0.2) is 0 Å². The monoisotopic (exact) mass is 238 g/mol. The average Bonchev–Trinajstić information content (AvgIpc) is 2.49. The van der Waals surface area contributed by atoms with E-state index >= 15 is 0 Å². The third-order valence-corrected chi connectivity index (χ3v) is 5.36. The molecular weight excluding hydrogens is 208 g/mol. The average molecular weight is 238 g/mol. The van der Waals surface area contributed by atoms with Crippen molar-refractivity contribution in [2.24, 2.45) is 11.7 Å². The molecule has 2 N–H and O–H groups in total. The van der Waals surface area contributed by atoms with E-state index in [1.165, 1.54) is 64.2 Å². The third kappa shape index (κ3) is 2.85. The second-order valence-electron chi connectivity index (χ2n) is 6.55. The van der Waals surface area contributed by atoms with Crippen LogP contribution in [-0.2, 0) is 0 Å². The van der Waals surface area contributed by atoms with Crippen LogP contribution in [-0.4, -0.2) is 30.6 Å². The second-order valence-corrected chi connectivity index (χ2v) is 6.55. The summed E-state index contributed by atoms with van der Waals surface area (Å²) < 4.78 is 0. The summed E-state index contributed by atoms with van der Waals surface area (Å²) >= 11 is 0. The van der Waals surface area contributed by atoms with Crippen LogP contribution >= 0.6 is 0 Å². The Labute approximate surface area is 107 Å². The Morgan fingerprint density at radius 1 is 1.06 bits per heavy atom. The van der Waals surface area contributed by atoms with Crippen LogP contribution in [0.1, 0.15) is 64.2 Å². The molecule has 1 unspecified atom stereocenters. The highest BCUT2D eigenvalue weighted by molar-refractivity contribution is 4.99. The Morgan fingerprint density at radius 2 is 1.65 bits per heavy atom. The molecule has 0 aromatic heterocycles. The number of likely N-dealkylation sites (N-methyl/N-ethyl adjacent to an activating group) is 1. The Balaban J connectivity index is 2.02. The van der Waals surface area contributed by atoms with Crippen molar-refractivity contribution in [3.63, 3.8) is 0 Å². The van der Waals surface area contributed by atoms with Gasteiger partial charge in [-0.1, -0.05) is 44.9 Å². The maximum Gasteiger partial charge on any atom is 0.0354 e. The standard InChI is InChI=1S/C15H30N2/c1-17(2)15(10-5-3-4-6-11-15)14(16)12-13-8-7-9-13/h13-14H,3-12,16H2,1-2H3. The third-order valence-electron chi connectivity index (χ3n) is 5.36. The lowest BCUT2D eigenvalue weighted by molar-refractivity contribution is 0.0776. The Bertz CT molecular complexity index is 225. The van der Waals surface area contributed by atoms with E-state index in [0.29, 0.717) is 11.6 Å². The summed E-state index contributed by atoms with van der Waals surface area (Å²) in [6.07, 6.45) is 13.7. The fraction of sp³-hybridized carbons (Fsp3) is 1.00. The quantitative estimate of drug-likeness (QED) is 0.762. The van der Waals surface area contributed by atoms with E-state index < -0.39 is 0 Å². The molecular formula is C15H30N2. The molecule has 0 heterocycles. The number of nitrogens with two attached hydrogens (primary N) is 1. The van der Waals surface area contributed by atoms with Crippen LogP contribution in [0.5, 0.6) is 0 Å². The first-order valence-electron chi connectivity index (χ1n) is 7.58. The summed E-state index contributed by atoms with van der Waals surface area (Å²) in [5.74, 6) is 0.935. The molecule has 0 aromatic rings. The minimum absolute atomic E-state index is 0.298. The van der Waals surface area contributed by atoms with Gasteiger partial charge in [-0.15, -0.1) is 0 Å². The predicted molar refractivity (Wildman–Crippen MR) is 74.1 cm³/mol. The number of hydrogen-bond acceptors (Lipinski definition) is 2. The fourth-order valence-corrected chi connectivity index (χ4v) is 3.80. The first-order valence-corrected chi connectivity index (χ1v) is 7.58. The van der Waals surface area contributed by atoms with Gasteiger partial charge < -0.3 is 10.6 Å². The molecule has 0 bridgehead atoms. The van der Waals surface area contributed by atoms with Crippen molar-refractivity contribution < 1.29 is 0 Å². The smallest absolute Gasteiger partial charge is 0.0354 e. The molecule has 2 heteroatoms. The molecule has 2 fully saturated rings. The minimum Gasteiger partial charge on any atom is -0.326 e. The van der Waals surface area contributed by atoms with Gasteiger partial charge in [-0.25, -0.2) is 0 Å². The van der Waals surface area contributed by atoms with Gasteiger partial charge in [0, 0.05) is 11.6 Å². The van der Waals surface area contributed by atoms with Crippen molar-refractivity contribution in [2.75, 3.05) is 14.1 Å². The zero-order valence-electron chi connectivity index (χ0n) is 11.8. The van der Waals surface area contributed by atoms with Crippen molar-refractivity contribution in [3.05, 3.63) is 0 Å². The molecule has 0 saturated heterocycles. The van der Waals surface area contributed by atoms with E-state index in [0.717, 1.165) is 5.92 Å². The number of rotatable bonds is 4. The molecule has 0 aliphatic heterocycles. The van der Waals surface area contributed by atoms with Gasteiger partial charge >= 0.3 is 0 Å². The number of nitrogens with zero attached hydrogens (tertiary/aromatic N) is 1. The maximum absolute atomic E-state index is 6.62. The Morgan fingerprint density at radius 3 is 2.06 bits per heavy atom. The fourth-order valence-electron chi connectivity index (χ4n) is 3.80. The van der Waals surface area contributed by atoms with E-state index in [-0.39, 0.29) is 0 Å². The van der Waals surface area contributed by atoms with Gasteiger partial charge in [-0.3, -0.25) is 0 Å². The first kappa shape index (κ1) is 13.4. The largest absolute Gasteiger partial charge is 0.326 e. The molecule has 0 spiro atoms. The maximum atomic E-state index is 6.62. The normalized spacial score (nSPS) is 27.5. The van der Waals surface area contributed by atoms with E-state index in [9.17, 15) is 0 Å². The highest BCUT2D eigenvalue weighted by atomic mass is 15.2. The van der Waals surface area contributed by atoms with Gasteiger partial charge in [0.15, 0.2) is 0 Å². The summed E-state index contributed by atoms with van der Waals surface area (Å²) in [5.41, 5.74) is 6.92. The van der Waals surface area contributed by atoms with Gasteiger partial charge in [0.05, 0.1) is 0 Å². The van der Waals surface area contributed by atoms with Crippen LogP contribution < -0.4 is 5.73 Å². The van der Waals surface area contributed by atoms with Gasteiger partial charge in [-0.2, -0.15) is 0 Å². The van der Waals surface area contributed by atoms with Crippen LogP contribution in [0.25, 0.3) is 0 Å². The molecule has 0 amide bonds. The van der Waals surface area contributed by atoms with Crippen LogP contribution in [0, 0.1) is 5.92 Å². The summed E-state index contributed by atoms with van der Waals surface area (Å²) in [6, 6.07) is 0.390. The Kier molecular flexibility index (Phi) is 4.48. The molecule has 2 rings (SSSR count). The SMILES string of the molecule is CN(C)C1(C(N)CC2CCC2)CCCCCC1. The van der Waals surface area contributed by atoms with E-state index in [4.69, 9.17) is 5.73 Å². The van der Waals surface area contributed by atoms with E-state index in [2.05, 4.69) is 19.0 Å². The lowest BCUT2D eigenvalue weighted by Crippen LogP contribution is -2.58. The van der Waals surface area contributed by atoms with Gasteiger partial charge in [-0.05, 0) is 39.3 Å². The topological polar surface area (TPSA) is 29.3 Å². The van der Waals surface area contributed by atoms with Crippen LogP contribution in [0.2, 0.25) is 0 Å². The zero-order valence-corrected chi connectivity index (χ0v) is 11.8. The van der Waals surface area contributed by atoms with Crippen molar-refractivity contribution >= 4 is 0 Å². The van der Waals surface area contributed by atoms with E-state index in [1.807, 2.05) is 0 Å². The lowest BCUT2D eigenvalue weighted by Gasteiger charge is -2.46. The molecule has 1 atom stereocenters. The summed E-state index contributed by atoms with van der Waals surface area (Å²) in [5, 5.41) is 0. The summed E-state index contributed by atoms with van der Waals surface area (Å²) in [7, 11) is 4.48. The van der Waals surface area contributed by atoms with Crippen molar-refractivity contribution in [1.29, 1.82) is 0 Å². The highest BCUT2D eigenvalue weighted by Gasteiger charge is 2.40. The molecule has 2 nitrogen and oxygen atoms in total. The molecule has 100 valence electrons. The van der Waals surface area contributed by atoms with Crippen LogP contribution in [0.4, 0.5) is 0 Å². The van der Waals surface area contributed by atoms with Gasteiger partial charge in [0.1, 0.15) is 0 Å². The number of hydrogen-bond donors (Lipinski definition) is 1. The molecule has 0 aromatic carbocycles.